The summed E-state index contributed by atoms with van der Waals surface area (Å²) in [6.45, 7) is -0.292. The van der Waals surface area contributed by atoms with E-state index in [0.29, 0.717) is 0 Å². The maximum atomic E-state index is 2.73. The van der Waals surface area contributed by atoms with Gasteiger partial charge in [0.2, 0.25) is 0 Å². The molecule has 19 aromatic carbocycles. The molecule has 0 saturated carbocycles. The van der Waals surface area contributed by atoms with Crippen LogP contribution >= 0.6 is 0 Å². The average Bonchev–Trinajstić information content (AvgIpc) is 0.878. The van der Waals surface area contributed by atoms with Gasteiger partial charge >= 0.3 is 0 Å². The third-order valence-electron chi connectivity index (χ3n) is 23.0. The summed E-state index contributed by atoms with van der Waals surface area (Å²) in [6.07, 6.45) is 0. The fourth-order valence-electron chi connectivity index (χ4n) is 18.3. The third-order valence-corrected chi connectivity index (χ3v) is 23.0. The minimum atomic E-state index is -0.292. The van der Waals surface area contributed by atoms with E-state index in [0.717, 1.165) is 140 Å². The molecule has 0 atom stereocenters. The summed E-state index contributed by atoms with van der Waals surface area (Å²) in [7, 11) is 0. The van der Waals surface area contributed by atoms with Crippen LogP contribution in [0.1, 0.15) is 0 Å². The van der Waals surface area contributed by atoms with E-state index in [9.17, 15) is 0 Å². The van der Waals surface area contributed by atoms with Crippen molar-refractivity contribution in [2.75, 3.05) is 9.80 Å². The summed E-state index contributed by atoms with van der Waals surface area (Å²) < 4.78 is 2.55. The van der Waals surface area contributed by atoms with Crippen molar-refractivity contribution < 1.29 is 0 Å². The molecular formula is C104H66BN3. The molecule has 0 bridgehead atoms. The van der Waals surface area contributed by atoms with Gasteiger partial charge in [-0.2, -0.15) is 0 Å². The first-order valence-corrected chi connectivity index (χ1v) is 37.5. The molecule has 0 fully saturated rings. The van der Waals surface area contributed by atoms with Gasteiger partial charge in [0.25, 0.3) is 6.71 Å². The Labute approximate surface area is 627 Å². The number of hydrogen-bond acceptors (Lipinski definition) is 2. The molecule has 0 spiro atoms. The van der Waals surface area contributed by atoms with Gasteiger partial charge < -0.3 is 14.4 Å². The Morgan fingerprint density at radius 2 is 0.556 bits per heavy atom. The van der Waals surface area contributed by atoms with Crippen LogP contribution in [0.5, 0.6) is 0 Å². The number of rotatable bonds is 11. The van der Waals surface area contributed by atoms with Crippen LogP contribution in [0.25, 0.3) is 160 Å². The summed E-state index contributed by atoms with van der Waals surface area (Å²) in [4.78, 5) is 5.42. The number of nitrogens with zero attached hydrogens (tertiary/aromatic N) is 3. The highest BCUT2D eigenvalue weighted by atomic mass is 15.2. The molecule has 500 valence electrons. The zero-order valence-electron chi connectivity index (χ0n) is 59.0. The third kappa shape index (κ3) is 9.70. The molecular weight excluding hydrogens is 1300 g/mol. The lowest BCUT2D eigenvalue weighted by Gasteiger charge is -2.46. The van der Waals surface area contributed by atoms with Crippen LogP contribution in [0, 0.1) is 0 Å². The second kappa shape index (κ2) is 24.8. The molecule has 2 aliphatic heterocycles. The van der Waals surface area contributed by atoms with Gasteiger partial charge in [-0.15, -0.1) is 0 Å². The summed E-state index contributed by atoms with van der Waals surface area (Å²) in [6, 6.07) is 151. The summed E-state index contributed by atoms with van der Waals surface area (Å²) >= 11 is 0. The Morgan fingerprint density at radius 3 is 1.03 bits per heavy atom. The van der Waals surface area contributed by atoms with Crippen molar-refractivity contribution in [1.29, 1.82) is 0 Å². The largest absolute Gasteiger partial charge is 0.310 e. The summed E-state index contributed by atoms with van der Waals surface area (Å²) in [5.41, 5.74) is 31.7. The smallest absolute Gasteiger partial charge is 0.252 e. The average molecular weight is 1370 g/mol. The molecule has 0 saturated heterocycles. The molecule has 1 aromatic heterocycles. The zero-order chi connectivity index (χ0) is 70.9. The van der Waals surface area contributed by atoms with E-state index in [1.54, 1.807) is 0 Å². The van der Waals surface area contributed by atoms with Crippen molar-refractivity contribution in [2.45, 2.75) is 0 Å². The number of para-hydroxylation sites is 2. The fraction of sp³-hybridized carbons (Fsp3) is 0. The topological polar surface area (TPSA) is 11.4 Å². The van der Waals surface area contributed by atoms with Crippen LogP contribution in [0.3, 0.4) is 0 Å². The molecule has 0 unspecified atom stereocenters. The molecule has 0 aliphatic carbocycles. The standard InChI is InChI=1S/C104H66BN3/c1-8-29-67(30-9-1)75-54-56-96-93(63-75)105-92-55-53-76(78-57-77-45-28-49-85-84-48-26-43-74-44-27-50-86(100(74)84)91(62-78)101(77)85)64-97(92)108(104-89(72-39-18-6-19-40-72)60-80(69-33-12-3-13-34-69)61-90(104)73-41-20-7-21-42-73)99-66-81(106-94-51-24-22-46-82(94)83-47-23-25-52-95(83)106)65-98(102(99)105)107(96)103-87(70-35-14-4-15-36-70)58-79(68-31-10-2-11-32-68)59-88(103)71-37-16-5-17-38-71/h1-66H. The monoisotopic (exact) mass is 1370 g/mol. The Hall–Kier alpha value is -14.1. The van der Waals surface area contributed by atoms with Gasteiger partial charge in [-0.1, -0.05) is 328 Å². The first-order valence-electron chi connectivity index (χ1n) is 37.5. The van der Waals surface area contributed by atoms with Gasteiger partial charge in [-0.3, -0.25) is 0 Å². The maximum Gasteiger partial charge on any atom is 0.252 e. The lowest BCUT2D eigenvalue weighted by Crippen LogP contribution is -2.61. The second-order valence-electron chi connectivity index (χ2n) is 29.0. The van der Waals surface area contributed by atoms with E-state index < -0.39 is 0 Å². The first kappa shape index (κ1) is 61.4. The summed E-state index contributed by atoms with van der Waals surface area (Å²) in [5.74, 6) is 0. The quantitative estimate of drug-likeness (QED) is 0.0726. The van der Waals surface area contributed by atoms with E-state index in [1.165, 1.54) is 70.3 Å². The number of hydrogen-bond donors (Lipinski definition) is 0. The van der Waals surface area contributed by atoms with Gasteiger partial charge in [0.15, 0.2) is 0 Å². The Bertz CT molecular complexity index is 6780. The zero-order valence-corrected chi connectivity index (χ0v) is 59.0. The predicted molar refractivity (Wildman–Crippen MR) is 460 cm³/mol. The first-order chi connectivity index (χ1) is 53.6. The predicted octanol–water partition coefficient (Wildman–Crippen LogP) is 26.3. The molecule has 0 radical (unpaired) electrons. The van der Waals surface area contributed by atoms with Crippen LogP contribution < -0.4 is 26.2 Å². The highest BCUT2D eigenvalue weighted by Gasteiger charge is 2.46. The van der Waals surface area contributed by atoms with Crippen LogP contribution in [-0.4, -0.2) is 11.3 Å². The van der Waals surface area contributed by atoms with Gasteiger partial charge in [0.1, 0.15) is 0 Å². The van der Waals surface area contributed by atoms with Gasteiger partial charge in [0, 0.05) is 55.8 Å². The molecule has 20 aromatic rings. The molecule has 3 nitrogen and oxygen atoms in total. The van der Waals surface area contributed by atoms with Crippen molar-refractivity contribution in [3.8, 4) is 94.7 Å². The number of aromatic nitrogens is 1. The molecule has 4 heteroatoms. The maximum absolute atomic E-state index is 2.73. The Balaban J connectivity index is 0.932. The van der Waals surface area contributed by atoms with E-state index in [4.69, 9.17) is 0 Å². The Kier molecular flexibility index (Phi) is 14.1. The lowest BCUT2D eigenvalue weighted by molar-refractivity contribution is 1.16. The van der Waals surface area contributed by atoms with E-state index in [-0.39, 0.29) is 6.71 Å². The Morgan fingerprint density at radius 1 is 0.194 bits per heavy atom. The number of fused-ring (bicyclic) bond motifs is 9. The number of anilines is 6. The van der Waals surface area contributed by atoms with Gasteiger partial charge in [0.05, 0.1) is 28.1 Å². The molecule has 2 aliphatic rings. The highest BCUT2D eigenvalue weighted by Crippen LogP contribution is 2.56. The van der Waals surface area contributed by atoms with Crippen molar-refractivity contribution >= 4 is 122 Å². The molecule has 3 heterocycles. The van der Waals surface area contributed by atoms with Crippen molar-refractivity contribution in [3.05, 3.63) is 400 Å². The fourth-order valence-corrected chi connectivity index (χ4v) is 18.3. The lowest BCUT2D eigenvalue weighted by atomic mass is 9.33. The minimum Gasteiger partial charge on any atom is -0.310 e. The normalized spacial score (nSPS) is 12.4. The van der Waals surface area contributed by atoms with Crippen LogP contribution in [0.4, 0.5) is 34.1 Å². The molecule has 0 amide bonds. The van der Waals surface area contributed by atoms with Crippen LogP contribution in [0.15, 0.2) is 400 Å². The minimum absolute atomic E-state index is 0.292. The molecule has 108 heavy (non-hydrogen) atoms. The second-order valence-corrected chi connectivity index (χ2v) is 29.0. The van der Waals surface area contributed by atoms with Crippen LogP contribution in [-0.2, 0) is 0 Å². The van der Waals surface area contributed by atoms with Crippen molar-refractivity contribution in [1.82, 2.24) is 4.57 Å². The highest BCUT2D eigenvalue weighted by molar-refractivity contribution is 7.00. The van der Waals surface area contributed by atoms with Gasteiger partial charge in [-0.25, -0.2) is 0 Å². The van der Waals surface area contributed by atoms with E-state index in [1.807, 2.05) is 0 Å². The van der Waals surface area contributed by atoms with Gasteiger partial charge in [-0.05, 0) is 199 Å². The van der Waals surface area contributed by atoms with Crippen molar-refractivity contribution in [2.24, 2.45) is 0 Å². The molecule has 22 rings (SSSR count). The van der Waals surface area contributed by atoms with E-state index in [2.05, 4.69) is 415 Å². The van der Waals surface area contributed by atoms with Crippen LogP contribution in [0.2, 0.25) is 0 Å². The van der Waals surface area contributed by atoms with Crippen molar-refractivity contribution in [3.63, 3.8) is 0 Å². The SMILES string of the molecule is c1ccc(-c2ccc3c(c2)B2c4ccc(-c5cc6cccc7c8cccc9cccc(c(c5)c67)c98)cc4N(c4c(-c5ccccc5)cc(-c5ccccc5)cc4-c4ccccc4)c4cc(-n5c6ccccc6c6ccccc65)cc(c42)N3c2c(-c3ccccc3)cc(-c3ccccc3)cc2-c2ccccc2)cc1. The molecule has 0 N–H and O–H groups in total. The summed E-state index contributed by atoms with van der Waals surface area (Å²) in [5, 5.41) is 12.6. The number of benzene rings is 19. The van der Waals surface area contributed by atoms with E-state index >= 15 is 0 Å².